The number of halogens is 2. The van der Waals surface area contributed by atoms with Crippen molar-refractivity contribution in [2.45, 2.75) is 64.3 Å². The smallest absolute Gasteiger partial charge is 0.341 e. The number of aromatic nitrogens is 4. The van der Waals surface area contributed by atoms with E-state index >= 15 is 0 Å². The summed E-state index contributed by atoms with van der Waals surface area (Å²) >= 11 is 5.42. The van der Waals surface area contributed by atoms with Gasteiger partial charge in [0.05, 0.1) is 38.6 Å². The molecule has 0 spiro atoms. The Hall–Kier alpha value is -4.32. The van der Waals surface area contributed by atoms with Crippen LogP contribution in [0.1, 0.15) is 84.6 Å². The summed E-state index contributed by atoms with van der Waals surface area (Å²) in [5.74, 6) is 1.69. The summed E-state index contributed by atoms with van der Waals surface area (Å²) in [6.07, 6.45) is 11.0. The number of ether oxygens (including phenoxy) is 4. The van der Waals surface area contributed by atoms with Crippen LogP contribution in [0.5, 0.6) is 11.5 Å². The van der Waals surface area contributed by atoms with Crippen molar-refractivity contribution in [2.24, 2.45) is 5.73 Å². The normalized spacial score (nSPS) is 14.0. The second-order valence-electron chi connectivity index (χ2n) is 11.1. The van der Waals surface area contributed by atoms with Crippen LogP contribution in [0.3, 0.4) is 0 Å². The van der Waals surface area contributed by atoms with E-state index in [9.17, 15) is 9.59 Å². The summed E-state index contributed by atoms with van der Waals surface area (Å²) in [5, 5.41) is 0.114. The minimum Gasteiger partial charge on any atom is -0.497 e. The van der Waals surface area contributed by atoms with Gasteiger partial charge < -0.3 is 24.7 Å². The third kappa shape index (κ3) is 11.7. The largest absolute Gasteiger partial charge is 0.497 e. The maximum absolute atomic E-state index is 11.6. The Labute approximate surface area is 299 Å². The first kappa shape index (κ1) is 40.9. The molecule has 2 saturated carbocycles. The molecule has 13 heteroatoms. The zero-order valence-corrected chi connectivity index (χ0v) is 29.1. The molecule has 2 aromatic carbocycles. The van der Waals surface area contributed by atoms with Crippen molar-refractivity contribution in [1.82, 2.24) is 19.9 Å². The van der Waals surface area contributed by atoms with E-state index in [1.807, 2.05) is 36.4 Å². The lowest BCUT2D eigenvalue weighted by Gasteiger charge is -2.15. The minimum atomic E-state index is -0.436. The number of methoxy groups -OCH3 is 2. The molecule has 2 fully saturated rings. The highest BCUT2D eigenvalue weighted by Gasteiger charge is 2.45. The van der Waals surface area contributed by atoms with Gasteiger partial charge in [0.25, 0.3) is 0 Å². The van der Waals surface area contributed by atoms with Crippen molar-refractivity contribution in [3.05, 3.63) is 107 Å². The molecule has 49 heavy (non-hydrogen) atoms. The zero-order chi connectivity index (χ0) is 33.9. The van der Waals surface area contributed by atoms with E-state index in [4.69, 9.17) is 36.3 Å². The van der Waals surface area contributed by atoms with Gasteiger partial charge in [0.15, 0.2) is 0 Å². The fraction of sp³-hybridized carbons (Fsp3) is 0.389. The van der Waals surface area contributed by atoms with Gasteiger partial charge in [0.2, 0.25) is 5.28 Å². The molecule has 2 aliphatic rings. The molecule has 11 nitrogen and oxygen atoms in total. The molecule has 0 amide bonds. The second kappa shape index (κ2) is 19.0. The number of carbonyl (C=O) groups excluding carboxylic acids is 2. The summed E-state index contributed by atoms with van der Waals surface area (Å²) in [5.41, 5.74) is 9.33. The van der Waals surface area contributed by atoms with Crippen LogP contribution in [-0.4, -0.2) is 59.3 Å². The first-order valence-corrected chi connectivity index (χ1v) is 15.7. The Morgan fingerprint density at radius 1 is 0.714 bits per heavy atom. The van der Waals surface area contributed by atoms with Gasteiger partial charge in [-0.2, -0.15) is 0 Å². The SMILES string of the molecule is C.CCOC(=O)c1cnc(CC2(c3ccc(OC)cc3)CC2)nc1.CCOC(=O)c1cnc(Cl)nc1.COc1ccc(C2(N)CC2)cc1.Cl. The van der Waals surface area contributed by atoms with E-state index in [1.165, 1.54) is 23.5 Å². The van der Waals surface area contributed by atoms with E-state index in [2.05, 4.69) is 32.1 Å². The second-order valence-corrected chi connectivity index (χ2v) is 11.5. The van der Waals surface area contributed by atoms with Crippen LogP contribution in [0.15, 0.2) is 73.3 Å². The lowest BCUT2D eigenvalue weighted by atomic mass is 9.92. The summed E-state index contributed by atoms with van der Waals surface area (Å²) in [7, 11) is 3.34. The molecular formula is C36H45Cl2N5O6. The van der Waals surface area contributed by atoms with Gasteiger partial charge in [-0.05, 0) is 86.5 Å². The van der Waals surface area contributed by atoms with Gasteiger partial charge in [-0.1, -0.05) is 31.7 Å². The Bertz CT molecular complexity index is 1600. The molecule has 6 rings (SSSR count). The van der Waals surface area contributed by atoms with Crippen LogP contribution >= 0.6 is 24.0 Å². The summed E-state index contributed by atoms with van der Waals surface area (Å²) in [6, 6.07) is 16.2. The molecule has 0 aliphatic heterocycles. The van der Waals surface area contributed by atoms with Gasteiger partial charge in [-0.3, -0.25) is 0 Å². The Morgan fingerprint density at radius 2 is 1.12 bits per heavy atom. The van der Waals surface area contributed by atoms with Crippen molar-refractivity contribution in [2.75, 3.05) is 27.4 Å². The van der Waals surface area contributed by atoms with Crippen LogP contribution in [0, 0.1) is 0 Å². The molecule has 0 bridgehead atoms. The van der Waals surface area contributed by atoms with Crippen molar-refractivity contribution < 1.29 is 28.5 Å². The van der Waals surface area contributed by atoms with E-state index in [0.29, 0.717) is 24.3 Å². The highest BCUT2D eigenvalue weighted by Crippen LogP contribution is 2.50. The van der Waals surface area contributed by atoms with Crippen LogP contribution in [-0.2, 0) is 26.8 Å². The molecule has 0 saturated heterocycles. The van der Waals surface area contributed by atoms with Crippen LogP contribution < -0.4 is 15.2 Å². The van der Waals surface area contributed by atoms with Gasteiger partial charge in [0, 0.05) is 42.2 Å². The Balaban J connectivity index is 0.000000273. The fourth-order valence-electron chi connectivity index (χ4n) is 4.71. The van der Waals surface area contributed by atoms with Gasteiger partial charge in [-0.25, -0.2) is 29.5 Å². The predicted molar refractivity (Wildman–Crippen MR) is 191 cm³/mol. The van der Waals surface area contributed by atoms with Gasteiger partial charge in [0.1, 0.15) is 17.3 Å². The molecule has 0 unspecified atom stereocenters. The summed E-state index contributed by atoms with van der Waals surface area (Å²) in [6.45, 7) is 4.19. The molecule has 2 aliphatic carbocycles. The number of benzene rings is 2. The lowest BCUT2D eigenvalue weighted by Crippen LogP contribution is -2.18. The molecule has 4 aromatic rings. The summed E-state index contributed by atoms with van der Waals surface area (Å²) in [4.78, 5) is 38.6. The van der Waals surface area contributed by atoms with E-state index in [1.54, 1.807) is 40.5 Å². The fourth-order valence-corrected chi connectivity index (χ4v) is 4.81. The predicted octanol–water partition coefficient (Wildman–Crippen LogP) is 6.94. The summed E-state index contributed by atoms with van der Waals surface area (Å²) < 4.78 is 19.9. The number of carbonyl (C=O) groups is 2. The minimum absolute atomic E-state index is 0. The maximum atomic E-state index is 11.6. The third-order valence-electron chi connectivity index (χ3n) is 7.85. The van der Waals surface area contributed by atoms with Crippen molar-refractivity contribution in [3.63, 3.8) is 0 Å². The highest BCUT2D eigenvalue weighted by atomic mass is 35.5. The highest BCUT2D eigenvalue weighted by molar-refractivity contribution is 6.28. The number of esters is 2. The van der Waals surface area contributed by atoms with Gasteiger partial charge in [-0.15, -0.1) is 12.4 Å². The lowest BCUT2D eigenvalue weighted by molar-refractivity contribution is 0.0515. The number of rotatable bonds is 10. The molecule has 2 N–H and O–H groups in total. The number of nitrogens with two attached hydrogens (primary N) is 1. The van der Waals surface area contributed by atoms with Gasteiger partial charge >= 0.3 is 11.9 Å². The molecule has 2 heterocycles. The topological polar surface area (TPSA) is 149 Å². The van der Waals surface area contributed by atoms with Crippen LogP contribution in [0.4, 0.5) is 0 Å². The van der Waals surface area contributed by atoms with E-state index in [0.717, 1.165) is 49.4 Å². The number of hydrogen-bond donors (Lipinski definition) is 1. The average molecular weight is 715 g/mol. The molecular weight excluding hydrogens is 669 g/mol. The molecule has 0 atom stereocenters. The zero-order valence-electron chi connectivity index (χ0n) is 27.5. The number of hydrogen-bond acceptors (Lipinski definition) is 11. The van der Waals surface area contributed by atoms with Crippen LogP contribution in [0.25, 0.3) is 0 Å². The van der Waals surface area contributed by atoms with Crippen molar-refractivity contribution >= 4 is 35.9 Å². The standard InChI is InChI=1S/C18H20N2O3.C10H13NO.C7H7ClN2O2.CH4.ClH/c1-3-23-17(21)13-11-19-16(20-12-13)10-18(8-9-18)14-4-6-15(22-2)7-5-14;1-12-9-4-2-8(3-5-9)10(11)6-7-10;1-2-12-6(11)5-3-9-7(8)10-4-5;;/h4-7,11-12H,3,8-10H2,1-2H3;2-5H,6-7,11H2,1H3;3-4H,2H2,1H3;1H4;1H. The van der Waals surface area contributed by atoms with E-state index in [-0.39, 0.29) is 42.0 Å². The first-order chi connectivity index (χ1) is 22.6. The Morgan fingerprint density at radius 3 is 1.49 bits per heavy atom. The molecule has 0 radical (unpaired) electrons. The number of nitrogens with zero attached hydrogens (tertiary/aromatic N) is 4. The Kier molecular flexibility index (Phi) is 15.9. The maximum Gasteiger partial charge on any atom is 0.341 e. The quantitative estimate of drug-likeness (QED) is 0.134. The van der Waals surface area contributed by atoms with Crippen LogP contribution in [0.2, 0.25) is 5.28 Å². The average Bonchev–Trinajstić information content (AvgIpc) is 4.04. The van der Waals surface area contributed by atoms with Crippen molar-refractivity contribution in [3.8, 4) is 11.5 Å². The molecule has 264 valence electrons. The molecule has 2 aromatic heterocycles. The van der Waals surface area contributed by atoms with Crippen molar-refractivity contribution in [1.29, 1.82) is 0 Å². The first-order valence-electron chi connectivity index (χ1n) is 15.4. The third-order valence-corrected chi connectivity index (χ3v) is 8.05. The van der Waals surface area contributed by atoms with E-state index < -0.39 is 5.97 Å². The monoisotopic (exact) mass is 713 g/mol.